The first kappa shape index (κ1) is 15.6. The standard InChI is InChI=1S/C14H19ClO4/c1-9(2)19-14-10(5-4-6-13(16)17)7-11(15)8-12(14)18-3/h7-9H,4-6H2,1-3H3,(H,16,17). The van der Waals surface area contributed by atoms with E-state index in [9.17, 15) is 4.79 Å². The lowest BCUT2D eigenvalue weighted by Gasteiger charge is -2.18. The lowest BCUT2D eigenvalue weighted by molar-refractivity contribution is -0.137. The maximum Gasteiger partial charge on any atom is 0.303 e. The number of halogens is 1. The largest absolute Gasteiger partial charge is 0.493 e. The molecule has 0 radical (unpaired) electrons. The summed E-state index contributed by atoms with van der Waals surface area (Å²) in [6.07, 6.45) is 1.25. The summed E-state index contributed by atoms with van der Waals surface area (Å²) in [5.74, 6) is 0.416. The third kappa shape index (κ3) is 4.99. The van der Waals surface area contributed by atoms with Crippen LogP contribution in [0.2, 0.25) is 5.02 Å². The molecule has 0 aliphatic rings. The molecule has 1 aromatic carbocycles. The molecular weight excluding hydrogens is 268 g/mol. The number of benzene rings is 1. The van der Waals surface area contributed by atoms with Crippen molar-refractivity contribution >= 4 is 17.6 Å². The summed E-state index contributed by atoms with van der Waals surface area (Å²) in [4.78, 5) is 10.6. The van der Waals surface area contributed by atoms with Crippen LogP contribution >= 0.6 is 11.6 Å². The van der Waals surface area contributed by atoms with Crippen LogP contribution in [0.15, 0.2) is 12.1 Å². The zero-order chi connectivity index (χ0) is 14.4. The van der Waals surface area contributed by atoms with Gasteiger partial charge in [0.15, 0.2) is 11.5 Å². The molecule has 0 aliphatic carbocycles. The van der Waals surface area contributed by atoms with Crippen LogP contribution in [-0.2, 0) is 11.2 Å². The SMILES string of the molecule is COc1cc(Cl)cc(CCCC(=O)O)c1OC(C)C. The number of aliphatic carboxylic acids is 1. The highest BCUT2D eigenvalue weighted by atomic mass is 35.5. The minimum absolute atomic E-state index is 0.00768. The highest BCUT2D eigenvalue weighted by Gasteiger charge is 2.14. The molecule has 0 atom stereocenters. The second kappa shape index (κ2) is 7.24. The van der Waals surface area contributed by atoms with E-state index in [4.69, 9.17) is 26.2 Å². The van der Waals surface area contributed by atoms with E-state index in [0.29, 0.717) is 29.4 Å². The average molecular weight is 287 g/mol. The Kier molecular flexibility index (Phi) is 5.96. The zero-order valence-electron chi connectivity index (χ0n) is 11.4. The van der Waals surface area contributed by atoms with Crippen molar-refractivity contribution in [2.45, 2.75) is 39.2 Å². The number of carbonyl (C=O) groups is 1. The number of carboxylic acid groups (broad SMARTS) is 1. The molecule has 0 saturated carbocycles. The molecule has 0 unspecified atom stereocenters. The van der Waals surface area contributed by atoms with Crippen LogP contribution in [0.4, 0.5) is 0 Å². The van der Waals surface area contributed by atoms with Crippen molar-refractivity contribution in [2.24, 2.45) is 0 Å². The number of methoxy groups -OCH3 is 1. The quantitative estimate of drug-likeness (QED) is 0.833. The molecule has 0 aliphatic heterocycles. The Morgan fingerprint density at radius 3 is 2.63 bits per heavy atom. The third-order valence-corrected chi connectivity index (χ3v) is 2.72. The van der Waals surface area contributed by atoms with E-state index in [1.807, 2.05) is 13.8 Å². The lowest BCUT2D eigenvalue weighted by Crippen LogP contribution is -2.09. The van der Waals surface area contributed by atoms with Gasteiger partial charge in [0.2, 0.25) is 0 Å². The minimum Gasteiger partial charge on any atom is -0.493 e. The Balaban J connectivity index is 2.97. The Morgan fingerprint density at radius 1 is 1.42 bits per heavy atom. The maximum absolute atomic E-state index is 10.6. The molecule has 4 nitrogen and oxygen atoms in total. The fourth-order valence-corrected chi connectivity index (χ4v) is 1.99. The number of carboxylic acids is 1. The van der Waals surface area contributed by atoms with Crippen molar-refractivity contribution in [2.75, 3.05) is 7.11 Å². The van der Waals surface area contributed by atoms with Crippen LogP contribution in [0.25, 0.3) is 0 Å². The van der Waals surface area contributed by atoms with Crippen LogP contribution in [0, 0.1) is 0 Å². The van der Waals surface area contributed by atoms with Gasteiger partial charge in [-0.05, 0) is 38.3 Å². The van der Waals surface area contributed by atoms with Crippen LogP contribution in [0.3, 0.4) is 0 Å². The first-order valence-corrected chi connectivity index (χ1v) is 6.56. The van der Waals surface area contributed by atoms with E-state index < -0.39 is 5.97 Å². The first-order valence-electron chi connectivity index (χ1n) is 6.19. The molecule has 0 heterocycles. The van der Waals surface area contributed by atoms with E-state index in [2.05, 4.69) is 0 Å². The summed E-state index contributed by atoms with van der Waals surface area (Å²) in [6.45, 7) is 3.85. The lowest BCUT2D eigenvalue weighted by atomic mass is 10.1. The molecule has 19 heavy (non-hydrogen) atoms. The molecule has 0 amide bonds. The van der Waals surface area contributed by atoms with E-state index in [-0.39, 0.29) is 12.5 Å². The minimum atomic E-state index is -0.805. The Morgan fingerprint density at radius 2 is 2.11 bits per heavy atom. The van der Waals surface area contributed by atoms with Crippen molar-refractivity contribution in [3.8, 4) is 11.5 Å². The van der Waals surface area contributed by atoms with Gasteiger partial charge in [-0.2, -0.15) is 0 Å². The summed E-state index contributed by atoms with van der Waals surface area (Å²) in [7, 11) is 1.56. The van der Waals surface area contributed by atoms with Gasteiger partial charge >= 0.3 is 5.97 Å². The topological polar surface area (TPSA) is 55.8 Å². The van der Waals surface area contributed by atoms with E-state index in [1.54, 1.807) is 19.2 Å². The van der Waals surface area contributed by atoms with Gasteiger partial charge in [0.1, 0.15) is 0 Å². The molecule has 1 N–H and O–H groups in total. The van der Waals surface area contributed by atoms with Crippen LogP contribution in [0.5, 0.6) is 11.5 Å². The summed E-state index contributed by atoms with van der Waals surface area (Å²) < 4.78 is 11.0. The fourth-order valence-electron chi connectivity index (χ4n) is 1.76. The van der Waals surface area contributed by atoms with Gasteiger partial charge in [0.05, 0.1) is 13.2 Å². The summed E-state index contributed by atoms with van der Waals surface area (Å²) in [5, 5.41) is 9.23. The van der Waals surface area contributed by atoms with Crippen molar-refractivity contribution in [1.82, 2.24) is 0 Å². The molecule has 5 heteroatoms. The van der Waals surface area contributed by atoms with Gasteiger partial charge in [-0.25, -0.2) is 0 Å². The normalized spacial score (nSPS) is 10.6. The van der Waals surface area contributed by atoms with E-state index in [0.717, 1.165) is 5.56 Å². The molecule has 0 bridgehead atoms. The van der Waals surface area contributed by atoms with Gasteiger partial charge in [0.25, 0.3) is 0 Å². The highest BCUT2D eigenvalue weighted by molar-refractivity contribution is 6.30. The monoisotopic (exact) mass is 286 g/mol. The van der Waals surface area contributed by atoms with Gasteiger partial charge in [-0.3, -0.25) is 4.79 Å². The summed E-state index contributed by atoms with van der Waals surface area (Å²) in [6, 6.07) is 3.49. The predicted octanol–water partition coefficient (Wildman–Crippen LogP) is 3.54. The maximum atomic E-state index is 10.6. The van der Waals surface area contributed by atoms with Crippen molar-refractivity contribution in [3.05, 3.63) is 22.7 Å². The highest BCUT2D eigenvalue weighted by Crippen LogP contribution is 2.36. The number of ether oxygens (including phenoxy) is 2. The number of hydrogen-bond donors (Lipinski definition) is 1. The second-order valence-electron chi connectivity index (χ2n) is 4.51. The number of hydrogen-bond acceptors (Lipinski definition) is 3. The molecule has 1 aromatic rings. The molecule has 0 fully saturated rings. The van der Waals surface area contributed by atoms with Gasteiger partial charge in [-0.1, -0.05) is 11.6 Å². The Hall–Kier alpha value is -1.42. The fraction of sp³-hybridized carbons (Fsp3) is 0.500. The number of rotatable bonds is 7. The Labute approximate surface area is 118 Å². The molecule has 0 spiro atoms. The van der Waals surface area contributed by atoms with Gasteiger partial charge in [-0.15, -0.1) is 0 Å². The van der Waals surface area contributed by atoms with Gasteiger partial charge in [0, 0.05) is 17.5 Å². The van der Waals surface area contributed by atoms with Crippen LogP contribution in [-0.4, -0.2) is 24.3 Å². The van der Waals surface area contributed by atoms with Crippen LogP contribution in [0.1, 0.15) is 32.3 Å². The summed E-state index contributed by atoms with van der Waals surface area (Å²) in [5.41, 5.74) is 0.874. The van der Waals surface area contributed by atoms with Crippen molar-refractivity contribution < 1.29 is 19.4 Å². The molecule has 1 rings (SSSR count). The summed E-state index contributed by atoms with van der Waals surface area (Å²) >= 11 is 6.03. The molecule has 106 valence electrons. The van der Waals surface area contributed by atoms with Crippen LogP contribution < -0.4 is 9.47 Å². The second-order valence-corrected chi connectivity index (χ2v) is 4.95. The van der Waals surface area contributed by atoms with Crippen molar-refractivity contribution in [3.63, 3.8) is 0 Å². The first-order chi connectivity index (χ1) is 8.93. The van der Waals surface area contributed by atoms with Crippen molar-refractivity contribution in [1.29, 1.82) is 0 Å². The zero-order valence-corrected chi connectivity index (χ0v) is 12.2. The predicted molar refractivity (Wildman–Crippen MR) is 74.3 cm³/mol. The molecule has 0 aromatic heterocycles. The Bertz CT molecular complexity index is 443. The smallest absolute Gasteiger partial charge is 0.303 e. The van der Waals surface area contributed by atoms with E-state index >= 15 is 0 Å². The molecule has 0 saturated heterocycles. The number of aryl methyl sites for hydroxylation is 1. The van der Waals surface area contributed by atoms with Gasteiger partial charge < -0.3 is 14.6 Å². The van der Waals surface area contributed by atoms with E-state index in [1.165, 1.54) is 0 Å². The molecular formula is C14H19ClO4. The average Bonchev–Trinajstić information content (AvgIpc) is 2.31. The third-order valence-electron chi connectivity index (χ3n) is 2.51.